The Morgan fingerprint density at radius 3 is 2.46 bits per heavy atom. The van der Waals surface area contributed by atoms with Gasteiger partial charge in [-0.1, -0.05) is 30.1 Å². The van der Waals surface area contributed by atoms with E-state index in [0.717, 1.165) is 17.0 Å². The topological polar surface area (TPSA) is 128 Å². The van der Waals surface area contributed by atoms with Crippen LogP contribution in [0.25, 0.3) is 10.9 Å². The molecule has 0 spiro atoms. The zero-order valence-electron chi connectivity index (χ0n) is 26.9. The van der Waals surface area contributed by atoms with Crippen molar-refractivity contribution in [1.29, 1.82) is 0 Å². The number of halogens is 5. The molecule has 1 aliphatic heterocycles. The fourth-order valence-electron chi connectivity index (χ4n) is 5.59. The first-order valence-corrected chi connectivity index (χ1v) is 17.7. The van der Waals surface area contributed by atoms with E-state index < -0.39 is 38.7 Å². The van der Waals surface area contributed by atoms with Gasteiger partial charge in [0.05, 0.1) is 51.4 Å². The molecule has 1 atom stereocenters. The van der Waals surface area contributed by atoms with E-state index in [1.807, 2.05) is 0 Å². The van der Waals surface area contributed by atoms with E-state index in [9.17, 15) is 36.0 Å². The molecule has 1 aliphatic rings. The van der Waals surface area contributed by atoms with Crippen LogP contribution in [0.4, 0.5) is 13.2 Å². The number of hydrogen-bond donors (Lipinski definition) is 1. The maximum atomic E-state index is 14.5. The van der Waals surface area contributed by atoms with Crippen molar-refractivity contribution in [3.63, 3.8) is 0 Å². The molecule has 48 heavy (non-hydrogen) atoms. The first kappa shape index (κ1) is 37.6. The number of carbonyl (C=O) groups is 2. The highest BCUT2D eigenvalue weighted by Gasteiger charge is 2.37. The van der Waals surface area contributed by atoms with E-state index in [4.69, 9.17) is 27.9 Å². The Kier molecular flexibility index (Phi) is 11.5. The number of alkyl halides is 3. The maximum absolute atomic E-state index is 14.5. The van der Waals surface area contributed by atoms with Gasteiger partial charge in [0.25, 0.3) is 5.56 Å². The summed E-state index contributed by atoms with van der Waals surface area (Å²) in [6.45, 7) is 6.78. The summed E-state index contributed by atoms with van der Waals surface area (Å²) in [5.74, 6) is -1.09. The summed E-state index contributed by atoms with van der Waals surface area (Å²) < 4.78 is 75.0. The molecule has 4 rings (SSSR count). The Hall–Kier alpha value is -3.20. The van der Waals surface area contributed by atoms with Crippen LogP contribution in [0.15, 0.2) is 40.3 Å². The van der Waals surface area contributed by atoms with Crippen molar-refractivity contribution in [3.05, 3.63) is 67.7 Å². The number of aromatic nitrogens is 2. The van der Waals surface area contributed by atoms with E-state index in [2.05, 4.69) is 10.3 Å². The highest BCUT2D eigenvalue weighted by molar-refractivity contribution is 7.91. The monoisotopic (exact) mass is 732 g/mol. The number of sulfone groups is 1. The van der Waals surface area contributed by atoms with Gasteiger partial charge in [-0.15, -0.1) is 0 Å². The molecule has 0 radical (unpaired) electrons. The van der Waals surface area contributed by atoms with Gasteiger partial charge in [0.15, 0.2) is 9.84 Å². The van der Waals surface area contributed by atoms with Gasteiger partial charge in [0.1, 0.15) is 5.60 Å². The highest BCUT2D eigenvalue weighted by atomic mass is 35.5. The molecule has 1 saturated heterocycles. The Morgan fingerprint density at radius 1 is 1.10 bits per heavy atom. The smallest absolute Gasteiger partial charge is 0.416 e. The molecule has 1 N–H and O–H groups in total. The molecular formula is C32H37Cl2F3N4O6S. The number of ether oxygens (including phenoxy) is 1. The Morgan fingerprint density at radius 2 is 1.81 bits per heavy atom. The van der Waals surface area contributed by atoms with Crippen LogP contribution in [0.3, 0.4) is 0 Å². The number of benzene rings is 2. The number of likely N-dealkylation sites (tertiary alicyclic amines) is 1. The van der Waals surface area contributed by atoms with E-state index in [-0.39, 0.29) is 87.1 Å². The number of fused-ring (bicyclic) bond motifs is 1. The fraction of sp³-hybridized carbons (Fsp3) is 0.500. The molecule has 1 aromatic heterocycles. The molecule has 10 nitrogen and oxygen atoms in total. The van der Waals surface area contributed by atoms with Crippen molar-refractivity contribution >= 4 is 55.8 Å². The predicted octanol–water partition coefficient (Wildman–Crippen LogP) is 5.77. The van der Waals surface area contributed by atoms with Crippen LogP contribution in [0, 0.1) is 0 Å². The van der Waals surface area contributed by atoms with Crippen molar-refractivity contribution in [1.82, 2.24) is 19.8 Å². The van der Waals surface area contributed by atoms with E-state index in [1.54, 1.807) is 25.7 Å². The molecule has 0 saturated carbocycles. The Bertz CT molecular complexity index is 1880. The van der Waals surface area contributed by atoms with Gasteiger partial charge < -0.3 is 10.1 Å². The predicted molar refractivity (Wildman–Crippen MR) is 176 cm³/mol. The summed E-state index contributed by atoms with van der Waals surface area (Å²) in [5, 5.41) is 2.36. The molecule has 1 fully saturated rings. The van der Waals surface area contributed by atoms with Crippen LogP contribution in [-0.2, 0) is 43.4 Å². The third kappa shape index (κ3) is 9.27. The number of amides is 1. The lowest BCUT2D eigenvalue weighted by Crippen LogP contribution is -2.47. The molecule has 2 aromatic carbocycles. The fourth-order valence-corrected chi connectivity index (χ4v) is 7.20. The summed E-state index contributed by atoms with van der Waals surface area (Å²) in [4.78, 5) is 43.9. The molecule has 1 amide bonds. The van der Waals surface area contributed by atoms with E-state index >= 15 is 0 Å². The summed E-state index contributed by atoms with van der Waals surface area (Å²) in [5.41, 5.74) is -2.82. The summed E-state index contributed by atoms with van der Waals surface area (Å²) in [6.07, 6.45) is -2.77. The molecule has 0 aliphatic carbocycles. The average Bonchev–Trinajstić information content (AvgIpc) is 2.97. The van der Waals surface area contributed by atoms with Crippen LogP contribution >= 0.6 is 23.2 Å². The van der Waals surface area contributed by atoms with Crippen molar-refractivity contribution in [2.24, 2.45) is 0 Å². The van der Waals surface area contributed by atoms with Crippen molar-refractivity contribution < 1.29 is 35.9 Å². The third-order valence-electron chi connectivity index (χ3n) is 7.77. The quantitative estimate of drug-likeness (QED) is 0.261. The molecule has 2 heterocycles. The van der Waals surface area contributed by atoms with Crippen molar-refractivity contribution in [2.45, 2.75) is 89.2 Å². The van der Waals surface area contributed by atoms with Gasteiger partial charge in [0.2, 0.25) is 5.91 Å². The van der Waals surface area contributed by atoms with E-state index in [1.165, 1.54) is 25.1 Å². The molecule has 3 aromatic rings. The zero-order chi connectivity index (χ0) is 35.6. The average molecular weight is 734 g/mol. The minimum atomic E-state index is -4.87. The van der Waals surface area contributed by atoms with Gasteiger partial charge in [-0.05, 0) is 75.5 Å². The van der Waals surface area contributed by atoms with Crippen LogP contribution in [0.2, 0.25) is 10.0 Å². The van der Waals surface area contributed by atoms with Crippen molar-refractivity contribution in [2.75, 3.05) is 18.8 Å². The van der Waals surface area contributed by atoms with Crippen LogP contribution in [-0.4, -0.2) is 65.2 Å². The first-order valence-electron chi connectivity index (χ1n) is 15.3. The van der Waals surface area contributed by atoms with Crippen LogP contribution < -0.4 is 10.9 Å². The number of carbonyl (C=O) groups excluding carboxylic acids is 2. The molecule has 262 valence electrons. The second-order valence-electron chi connectivity index (χ2n) is 12.7. The van der Waals surface area contributed by atoms with Crippen LogP contribution in [0.1, 0.15) is 70.1 Å². The lowest BCUT2D eigenvalue weighted by molar-refractivity contribution is -0.155. The second kappa shape index (κ2) is 14.7. The standard InChI is InChI=1S/C32H37Cl2F3N4O6S/c1-5-48(45,46)25-9-8-20(33)13-19(25)15-41-18-38-29-22(30(41)44)14-24(32(35,36)37)23(28(29)34)17-40-12-6-7-21(16-40)39-26(42)10-11-27(43)47-31(2,3)4/h8-9,13-14,18,21H,5-7,10-12,15-17H2,1-4H3,(H,39,42)/t21-/m0/s1. The lowest BCUT2D eigenvalue weighted by atomic mass is 10.00. The minimum Gasteiger partial charge on any atom is -0.460 e. The number of esters is 1. The normalized spacial score (nSPS) is 16.2. The number of nitrogens with zero attached hydrogens (tertiary/aromatic N) is 3. The van der Waals surface area contributed by atoms with Crippen LogP contribution in [0.5, 0.6) is 0 Å². The number of hydrogen-bond acceptors (Lipinski definition) is 8. The number of piperidine rings is 1. The van der Waals surface area contributed by atoms with Gasteiger partial charge in [-0.25, -0.2) is 13.4 Å². The maximum Gasteiger partial charge on any atom is 0.416 e. The SMILES string of the molecule is CCS(=O)(=O)c1ccc(Cl)cc1Cn1cnc2c(Cl)c(CN3CCC[C@H](NC(=O)CCC(=O)OC(C)(C)C)C3)c(C(F)(F)F)cc2c1=O. The van der Waals surface area contributed by atoms with E-state index in [0.29, 0.717) is 19.4 Å². The van der Waals surface area contributed by atoms with Gasteiger partial charge in [0, 0.05) is 30.6 Å². The number of rotatable bonds is 10. The number of nitrogens with one attached hydrogen (secondary N) is 1. The molecular weight excluding hydrogens is 696 g/mol. The Balaban J connectivity index is 1.59. The molecule has 16 heteroatoms. The van der Waals surface area contributed by atoms with Gasteiger partial charge in [-0.3, -0.25) is 23.9 Å². The highest BCUT2D eigenvalue weighted by Crippen LogP contribution is 2.39. The summed E-state index contributed by atoms with van der Waals surface area (Å²) >= 11 is 12.7. The molecule has 0 unspecified atom stereocenters. The third-order valence-corrected chi connectivity index (χ3v) is 10.2. The van der Waals surface area contributed by atoms with Gasteiger partial charge in [-0.2, -0.15) is 13.2 Å². The molecule has 0 bridgehead atoms. The summed E-state index contributed by atoms with van der Waals surface area (Å²) in [7, 11) is -3.71. The summed E-state index contributed by atoms with van der Waals surface area (Å²) in [6, 6.07) is 4.47. The lowest BCUT2D eigenvalue weighted by Gasteiger charge is -2.34. The minimum absolute atomic E-state index is 0.0511. The van der Waals surface area contributed by atoms with Gasteiger partial charge >= 0.3 is 12.1 Å². The van der Waals surface area contributed by atoms with Crippen molar-refractivity contribution in [3.8, 4) is 0 Å². The zero-order valence-corrected chi connectivity index (χ0v) is 29.2. The second-order valence-corrected chi connectivity index (χ2v) is 15.7. The first-order chi connectivity index (χ1) is 22.3. The largest absolute Gasteiger partial charge is 0.460 e. The Labute approximate surface area is 286 Å².